The largest absolute Gasteiger partial charge is 0.368 e. The molecule has 1 aromatic rings. The topological polar surface area (TPSA) is 182 Å². The van der Waals surface area contributed by atoms with E-state index in [1.165, 1.54) is 6.92 Å². The van der Waals surface area contributed by atoms with Crippen LogP contribution < -0.4 is 33.2 Å². The fourth-order valence-electron chi connectivity index (χ4n) is 3.05. The van der Waals surface area contributed by atoms with Crippen LogP contribution in [-0.4, -0.2) is 54.8 Å². The molecule has 0 spiro atoms. The summed E-state index contributed by atoms with van der Waals surface area (Å²) in [6, 6.07) is 5.94. The van der Waals surface area contributed by atoms with E-state index >= 15 is 0 Å². The molecule has 0 aliphatic rings. The van der Waals surface area contributed by atoms with Crippen molar-refractivity contribution >= 4 is 23.6 Å². The molecule has 0 radical (unpaired) electrons. The van der Waals surface area contributed by atoms with Gasteiger partial charge in [-0.05, 0) is 70.7 Å². The monoisotopic (exact) mass is 448 g/mol. The van der Waals surface area contributed by atoms with Crippen molar-refractivity contribution in [1.82, 2.24) is 16.0 Å². The molecule has 0 aliphatic heterocycles. The molecule has 0 aromatic heterocycles. The summed E-state index contributed by atoms with van der Waals surface area (Å²) in [5.74, 6) is -2.06. The van der Waals surface area contributed by atoms with Gasteiger partial charge in [0.05, 0.1) is 0 Å². The zero-order chi connectivity index (χ0) is 23.9. The van der Waals surface area contributed by atoms with Gasteiger partial charge in [0.2, 0.25) is 17.7 Å². The second kappa shape index (κ2) is 14.9. The summed E-state index contributed by atoms with van der Waals surface area (Å²) in [5, 5.41) is 7.89. The molecule has 0 bridgehead atoms. The summed E-state index contributed by atoms with van der Waals surface area (Å²) in [6.07, 6.45) is 3.42. The Hall–Kier alpha value is -2.98. The molecule has 1 rings (SSSR count). The molecule has 4 amide bonds. The van der Waals surface area contributed by atoms with Crippen LogP contribution in [0.15, 0.2) is 30.3 Å². The number of carbonyl (C=O) groups is 4. The third kappa shape index (κ3) is 9.88. The van der Waals surface area contributed by atoms with E-state index in [0.717, 1.165) is 0 Å². The Morgan fingerprint density at radius 1 is 0.781 bits per heavy atom. The van der Waals surface area contributed by atoms with Crippen LogP contribution in [0.25, 0.3) is 0 Å². The molecule has 3 atom stereocenters. The van der Waals surface area contributed by atoms with Gasteiger partial charge in [-0.1, -0.05) is 18.2 Å². The zero-order valence-corrected chi connectivity index (χ0v) is 18.6. The predicted octanol–water partition coefficient (Wildman–Crippen LogP) is -0.482. The molecule has 9 N–H and O–H groups in total. The van der Waals surface area contributed by atoms with Crippen molar-refractivity contribution < 1.29 is 19.2 Å². The Kier molecular flexibility index (Phi) is 12.6. The Balaban J connectivity index is 2.73. The van der Waals surface area contributed by atoms with Crippen LogP contribution in [0.2, 0.25) is 0 Å². The highest BCUT2D eigenvalue weighted by Gasteiger charge is 2.26. The normalized spacial score (nSPS) is 13.5. The van der Waals surface area contributed by atoms with Crippen molar-refractivity contribution in [2.75, 3.05) is 13.1 Å². The second-order valence-electron chi connectivity index (χ2n) is 7.65. The zero-order valence-electron chi connectivity index (χ0n) is 18.6. The standard InChI is InChI=1S/C22H36N6O4/c1-15(20(30)27-17(19(25)29)11-5-7-13-23)26-22(32)18(12-6-8-14-24)28-21(31)16-9-3-2-4-10-16/h2-4,9-10,15,17-18H,5-8,11-14,23-24H2,1H3,(H2,25,29)(H,26,32)(H,27,30)(H,28,31)/t15-,17-,18-/m0/s1. The summed E-state index contributed by atoms with van der Waals surface area (Å²) in [6.45, 7) is 2.45. The van der Waals surface area contributed by atoms with E-state index in [9.17, 15) is 19.2 Å². The second-order valence-corrected chi connectivity index (χ2v) is 7.65. The molecule has 0 heterocycles. The van der Waals surface area contributed by atoms with Crippen molar-refractivity contribution in [3.8, 4) is 0 Å². The molecule has 10 heteroatoms. The molecule has 0 fully saturated rings. The number of nitrogens with two attached hydrogens (primary N) is 3. The third-order valence-electron chi connectivity index (χ3n) is 4.96. The minimum absolute atomic E-state index is 0.369. The Bertz CT molecular complexity index is 743. The summed E-state index contributed by atoms with van der Waals surface area (Å²) < 4.78 is 0. The van der Waals surface area contributed by atoms with E-state index in [-0.39, 0.29) is 5.91 Å². The van der Waals surface area contributed by atoms with Gasteiger partial charge in [0.25, 0.3) is 5.91 Å². The molecule has 0 saturated carbocycles. The van der Waals surface area contributed by atoms with Crippen molar-refractivity contribution in [3.63, 3.8) is 0 Å². The minimum atomic E-state index is -0.926. The number of rotatable bonds is 15. The SMILES string of the molecule is C[C@H](NC(=O)[C@H](CCCCN)NC(=O)c1ccccc1)C(=O)N[C@@H](CCCCN)C(N)=O. The molecule has 32 heavy (non-hydrogen) atoms. The lowest BCUT2D eigenvalue weighted by Gasteiger charge is -2.23. The quantitative estimate of drug-likeness (QED) is 0.197. The van der Waals surface area contributed by atoms with Crippen molar-refractivity contribution in [2.45, 2.75) is 63.6 Å². The summed E-state index contributed by atoms with van der Waals surface area (Å²) >= 11 is 0. The van der Waals surface area contributed by atoms with E-state index in [1.54, 1.807) is 30.3 Å². The van der Waals surface area contributed by atoms with Gasteiger partial charge in [0.15, 0.2) is 0 Å². The summed E-state index contributed by atoms with van der Waals surface area (Å²) in [7, 11) is 0. The fourth-order valence-corrected chi connectivity index (χ4v) is 3.05. The van der Waals surface area contributed by atoms with Crippen LogP contribution in [0.3, 0.4) is 0 Å². The van der Waals surface area contributed by atoms with E-state index in [2.05, 4.69) is 16.0 Å². The van der Waals surface area contributed by atoms with E-state index < -0.39 is 35.8 Å². The molecular formula is C22H36N6O4. The Morgan fingerprint density at radius 2 is 1.34 bits per heavy atom. The molecule has 0 aliphatic carbocycles. The minimum Gasteiger partial charge on any atom is -0.368 e. The fraction of sp³-hybridized carbons (Fsp3) is 0.545. The van der Waals surface area contributed by atoms with Crippen molar-refractivity contribution in [2.24, 2.45) is 17.2 Å². The number of carbonyl (C=O) groups excluding carboxylic acids is 4. The maximum atomic E-state index is 12.8. The van der Waals surface area contributed by atoms with Crippen LogP contribution in [-0.2, 0) is 14.4 Å². The number of nitrogens with one attached hydrogen (secondary N) is 3. The maximum Gasteiger partial charge on any atom is 0.251 e. The lowest BCUT2D eigenvalue weighted by molar-refractivity contribution is -0.131. The lowest BCUT2D eigenvalue weighted by atomic mass is 10.1. The van der Waals surface area contributed by atoms with Gasteiger partial charge < -0.3 is 33.2 Å². The van der Waals surface area contributed by atoms with Crippen molar-refractivity contribution in [3.05, 3.63) is 35.9 Å². The first-order valence-electron chi connectivity index (χ1n) is 11.0. The van der Waals surface area contributed by atoms with E-state index in [0.29, 0.717) is 57.2 Å². The number of unbranched alkanes of at least 4 members (excludes halogenated alkanes) is 2. The van der Waals surface area contributed by atoms with Gasteiger partial charge >= 0.3 is 0 Å². The molecule has 0 unspecified atom stereocenters. The van der Waals surface area contributed by atoms with E-state index in [4.69, 9.17) is 17.2 Å². The highest BCUT2D eigenvalue weighted by atomic mass is 16.2. The van der Waals surface area contributed by atoms with Crippen LogP contribution in [0, 0.1) is 0 Å². The van der Waals surface area contributed by atoms with Crippen LogP contribution in [0.4, 0.5) is 0 Å². The molecule has 10 nitrogen and oxygen atoms in total. The third-order valence-corrected chi connectivity index (χ3v) is 4.96. The van der Waals surface area contributed by atoms with Gasteiger partial charge in [-0.15, -0.1) is 0 Å². The average Bonchev–Trinajstić information content (AvgIpc) is 2.78. The smallest absolute Gasteiger partial charge is 0.251 e. The maximum absolute atomic E-state index is 12.8. The number of benzene rings is 1. The first kappa shape index (κ1) is 27.1. The molecular weight excluding hydrogens is 412 g/mol. The highest BCUT2D eigenvalue weighted by Crippen LogP contribution is 2.06. The number of hydrogen-bond acceptors (Lipinski definition) is 6. The average molecular weight is 449 g/mol. The number of hydrogen-bond donors (Lipinski definition) is 6. The van der Waals surface area contributed by atoms with Gasteiger partial charge in [0, 0.05) is 5.56 Å². The first-order chi connectivity index (χ1) is 15.3. The predicted molar refractivity (Wildman–Crippen MR) is 122 cm³/mol. The summed E-state index contributed by atoms with van der Waals surface area (Å²) in [5.41, 5.74) is 16.8. The van der Waals surface area contributed by atoms with Gasteiger partial charge in [-0.2, -0.15) is 0 Å². The highest BCUT2D eigenvalue weighted by molar-refractivity contribution is 5.98. The van der Waals surface area contributed by atoms with Gasteiger partial charge in [0.1, 0.15) is 18.1 Å². The van der Waals surface area contributed by atoms with Crippen LogP contribution in [0.5, 0.6) is 0 Å². The van der Waals surface area contributed by atoms with Gasteiger partial charge in [-0.25, -0.2) is 0 Å². The Labute approximate surface area is 189 Å². The lowest BCUT2D eigenvalue weighted by Crippen LogP contribution is -2.55. The molecule has 178 valence electrons. The first-order valence-corrected chi connectivity index (χ1v) is 11.0. The molecule has 0 saturated heterocycles. The number of amides is 4. The van der Waals surface area contributed by atoms with E-state index in [1.807, 2.05) is 0 Å². The van der Waals surface area contributed by atoms with Gasteiger partial charge in [-0.3, -0.25) is 19.2 Å². The van der Waals surface area contributed by atoms with Crippen molar-refractivity contribution in [1.29, 1.82) is 0 Å². The van der Waals surface area contributed by atoms with Crippen LogP contribution >= 0.6 is 0 Å². The molecule has 1 aromatic carbocycles. The van der Waals surface area contributed by atoms with Crippen LogP contribution in [0.1, 0.15) is 55.8 Å². The summed E-state index contributed by atoms with van der Waals surface area (Å²) in [4.78, 5) is 49.4. The Morgan fingerprint density at radius 3 is 1.88 bits per heavy atom. The number of primary amides is 1.